The SMILES string of the molecule is CC=N/C(=C\C)c1cc(Cl)ccc1OC(=O)N(C)C. The highest BCUT2D eigenvalue weighted by atomic mass is 35.5. The molecular weight excluding hydrogens is 264 g/mol. The molecule has 0 unspecified atom stereocenters. The second kappa shape index (κ2) is 6.95. The molecule has 19 heavy (non-hydrogen) atoms. The number of rotatable bonds is 3. The first-order chi connectivity index (χ1) is 8.99. The first-order valence-corrected chi connectivity index (χ1v) is 6.21. The van der Waals surface area contributed by atoms with Gasteiger partial charge in [-0.05, 0) is 32.0 Å². The molecule has 0 N–H and O–H groups in total. The zero-order chi connectivity index (χ0) is 14.4. The Kier molecular flexibility index (Phi) is 5.57. The molecule has 0 spiro atoms. The van der Waals surface area contributed by atoms with Crippen LogP contribution in [0.25, 0.3) is 5.70 Å². The summed E-state index contributed by atoms with van der Waals surface area (Å²) in [7, 11) is 3.25. The van der Waals surface area contributed by atoms with Crippen molar-refractivity contribution in [2.45, 2.75) is 13.8 Å². The molecule has 1 aromatic rings. The summed E-state index contributed by atoms with van der Waals surface area (Å²) in [6.45, 7) is 3.68. The lowest BCUT2D eigenvalue weighted by atomic mass is 10.1. The molecule has 0 atom stereocenters. The Morgan fingerprint density at radius 1 is 1.37 bits per heavy atom. The number of carbonyl (C=O) groups excluding carboxylic acids is 1. The molecule has 0 aromatic heterocycles. The fourth-order valence-electron chi connectivity index (χ4n) is 1.42. The molecule has 4 nitrogen and oxygen atoms in total. The molecule has 1 amide bonds. The molecule has 102 valence electrons. The summed E-state index contributed by atoms with van der Waals surface area (Å²) in [4.78, 5) is 17.2. The van der Waals surface area contributed by atoms with Gasteiger partial charge in [-0.2, -0.15) is 0 Å². The maximum absolute atomic E-state index is 11.6. The van der Waals surface area contributed by atoms with Gasteiger partial charge < -0.3 is 9.64 Å². The highest BCUT2D eigenvalue weighted by Gasteiger charge is 2.13. The lowest BCUT2D eigenvalue weighted by Crippen LogP contribution is -2.25. The average molecular weight is 281 g/mol. The molecule has 0 radical (unpaired) electrons. The van der Waals surface area contributed by atoms with E-state index in [0.717, 1.165) is 0 Å². The van der Waals surface area contributed by atoms with Crippen molar-refractivity contribution in [2.24, 2.45) is 4.99 Å². The molecule has 0 fully saturated rings. The Labute approximate surface area is 118 Å². The zero-order valence-electron chi connectivity index (χ0n) is 11.5. The van der Waals surface area contributed by atoms with Crippen molar-refractivity contribution in [1.82, 2.24) is 4.90 Å². The van der Waals surface area contributed by atoms with Crippen molar-refractivity contribution in [3.8, 4) is 5.75 Å². The van der Waals surface area contributed by atoms with Crippen LogP contribution in [0.5, 0.6) is 5.75 Å². The molecule has 0 saturated carbocycles. The van der Waals surface area contributed by atoms with Crippen LogP contribution in [0.15, 0.2) is 29.3 Å². The molecule has 1 rings (SSSR count). The summed E-state index contributed by atoms with van der Waals surface area (Å²) in [6, 6.07) is 5.06. The van der Waals surface area contributed by atoms with E-state index in [1.165, 1.54) is 4.90 Å². The van der Waals surface area contributed by atoms with E-state index in [1.807, 2.05) is 19.9 Å². The molecular formula is C14H17ClN2O2. The largest absolute Gasteiger partial charge is 0.414 e. The summed E-state index contributed by atoms with van der Waals surface area (Å²) in [5.74, 6) is 0.432. The van der Waals surface area contributed by atoms with E-state index in [0.29, 0.717) is 22.0 Å². The third kappa shape index (κ3) is 4.10. The van der Waals surface area contributed by atoms with Crippen molar-refractivity contribution in [3.05, 3.63) is 34.9 Å². The summed E-state index contributed by atoms with van der Waals surface area (Å²) < 4.78 is 5.30. The Morgan fingerprint density at radius 2 is 2.05 bits per heavy atom. The van der Waals surface area contributed by atoms with Gasteiger partial charge in [0, 0.05) is 30.9 Å². The Morgan fingerprint density at radius 3 is 2.58 bits per heavy atom. The first-order valence-electron chi connectivity index (χ1n) is 5.83. The first kappa shape index (κ1) is 15.2. The number of allylic oxidation sites excluding steroid dienone is 1. The van der Waals surface area contributed by atoms with E-state index in [1.54, 1.807) is 38.5 Å². The van der Waals surface area contributed by atoms with Crippen molar-refractivity contribution in [2.75, 3.05) is 14.1 Å². The predicted molar refractivity (Wildman–Crippen MR) is 79.0 cm³/mol. The van der Waals surface area contributed by atoms with Gasteiger partial charge in [0.2, 0.25) is 0 Å². The number of halogens is 1. The highest BCUT2D eigenvalue weighted by Crippen LogP contribution is 2.30. The lowest BCUT2D eigenvalue weighted by Gasteiger charge is -2.14. The third-order valence-electron chi connectivity index (χ3n) is 2.32. The monoisotopic (exact) mass is 280 g/mol. The molecule has 0 heterocycles. The standard InChI is InChI=1S/C14H17ClN2O2/c1-5-12(16-6-2)11-9-10(15)7-8-13(11)19-14(18)17(3)4/h5-9H,1-4H3/b12-5-,16-6?. The van der Waals surface area contributed by atoms with Gasteiger partial charge in [-0.1, -0.05) is 17.7 Å². The van der Waals surface area contributed by atoms with Crippen molar-refractivity contribution < 1.29 is 9.53 Å². The van der Waals surface area contributed by atoms with Gasteiger partial charge in [0.1, 0.15) is 5.75 Å². The van der Waals surface area contributed by atoms with Crippen molar-refractivity contribution >= 4 is 29.6 Å². The number of ether oxygens (including phenoxy) is 1. The minimum atomic E-state index is -0.445. The predicted octanol–water partition coefficient (Wildman–Crippen LogP) is 3.85. The van der Waals surface area contributed by atoms with Crippen LogP contribution in [0.1, 0.15) is 19.4 Å². The zero-order valence-corrected chi connectivity index (χ0v) is 12.2. The van der Waals surface area contributed by atoms with Crippen LogP contribution >= 0.6 is 11.6 Å². The van der Waals surface area contributed by atoms with E-state index >= 15 is 0 Å². The van der Waals surface area contributed by atoms with Crippen molar-refractivity contribution in [3.63, 3.8) is 0 Å². The van der Waals surface area contributed by atoms with Crippen LogP contribution in [-0.4, -0.2) is 31.3 Å². The highest BCUT2D eigenvalue weighted by molar-refractivity contribution is 6.30. The van der Waals surface area contributed by atoms with Crippen LogP contribution < -0.4 is 4.74 Å². The molecule has 0 aliphatic carbocycles. The molecule has 1 aromatic carbocycles. The van der Waals surface area contributed by atoms with Crippen LogP contribution in [0.4, 0.5) is 4.79 Å². The third-order valence-corrected chi connectivity index (χ3v) is 2.56. The van der Waals surface area contributed by atoms with E-state index < -0.39 is 6.09 Å². The van der Waals surface area contributed by atoms with E-state index in [2.05, 4.69) is 4.99 Å². The Hall–Kier alpha value is -1.81. The van der Waals surface area contributed by atoms with Gasteiger partial charge in [0.25, 0.3) is 0 Å². The number of benzene rings is 1. The van der Waals surface area contributed by atoms with Gasteiger partial charge in [-0.3, -0.25) is 4.99 Å². The van der Waals surface area contributed by atoms with Crippen LogP contribution in [0.3, 0.4) is 0 Å². The maximum Gasteiger partial charge on any atom is 0.414 e. The van der Waals surface area contributed by atoms with Crippen LogP contribution in [-0.2, 0) is 0 Å². The number of nitrogens with zero attached hydrogens (tertiary/aromatic N) is 2. The van der Waals surface area contributed by atoms with Gasteiger partial charge >= 0.3 is 6.09 Å². The van der Waals surface area contributed by atoms with E-state index in [4.69, 9.17) is 16.3 Å². The number of hydrogen-bond acceptors (Lipinski definition) is 3. The fourth-order valence-corrected chi connectivity index (χ4v) is 1.59. The Bertz CT molecular complexity index is 522. The molecule has 0 bridgehead atoms. The van der Waals surface area contributed by atoms with Gasteiger partial charge in [-0.15, -0.1) is 0 Å². The maximum atomic E-state index is 11.6. The summed E-state index contributed by atoms with van der Waals surface area (Å²) >= 11 is 5.99. The fraction of sp³-hybridized carbons (Fsp3) is 0.286. The topological polar surface area (TPSA) is 41.9 Å². The summed E-state index contributed by atoms with van der Waals surface area (Å²) in [5.41, 5.74) is 1.38. The van der Waals surface area contributed by atoms with Crippen molar-refractivity contribution in [1.29, 1.82) is 0 Å². The second-order valence-electron chi connectivity index (χ2n) is 3.96. The minimum Gasteiger partial charge on any atom is -0.409 e. The smallest absolute Gasteiger partial charge is 0.409 e. The van der Waals surface area contributed by atoms with Gasteiger partial charge in [-0.25, -0.2) is 4.79 Å². The number of aliphatic imine (C=N–C) groups is 1. The molecule has 0 aliphatic heterocycles. The van der Waals surface area contributed by atoms with Crippen LogP contribution in [0, 0.1) is 0 Å². The second-order valence-corrected chi connectivity index (χ2v) is 4.40. The lowest BCUT2D eigenvalue weighted by molar-refractivity contribution is 0.172. The number of carbonyl (C=O) groups is 1. The number of hydrogen-bond donors (Lipinski definition) is 0. The molecule has 5 heteroatoms. The van der Waals surface area contributed by atoms with Gasteiger partial charge in [0.15, 0.2) is 0 Å². The van der Waals surface area contributed by atoms with Crippen LogP contribution in [0.2, 0.25) is 5.02 Å². The quantitative estimate of drug-likeness (QED) is 0.789. The normalized spacial score (nSPS) is 11.7. The average Bonchev–Trinajstić information content (AvgIpc) is 2.38. The van der Waals surface area contributed by atoms with E-state index in [9.17, 15) is 4.79 Å². The minimum absolute atomic E-state index is 0.432. The van der Waals surface area contributed by atoms with E-state index in [-0.39, 0.29) is 0 Å². The Balaban J connectivity index is 3.22. The molecule has 0 aliphatic rings. The number of amides is 1. The summed E-state index contributed by atoms with van der Waals surface area (Å²) in [5, 5.41) is 0.560. The summed E-state index contributed by atoms with van der Waals surface area (Å²) in [6.07, 6.45) is 3.06. The van der Waals surface area contributed by atoms with Gasteiger partial charge in [0.05, 0.1) is 5.70 Å². The molecule has 0 saturated heterocycles.